The lowest BCUT2D eigenvalue weighted by molar-refractivity contribution is 0.0544. The van der Waals surface area contributed by atoms with Crippen molar-refractivity contribution in [1.29, 1.82) is 0 Å². The molecule has 1 aromatic heterocycles. The number of benzene rings is 1. The Kier molecular flexibility index (Phi) is 5.64. The zero-order valence-corrected chi connectivity index (χ0v) is 18.2. The second-order valence-electron chi connectivity index (χ2n) is 8.26. The predicted molar refractivity (Wildman–Crippen MR) is 113 cm³/mol. The lowest BCUT2D eigenvalue weighted by Crippen LogP contribution is -2.33. The van der Waals surface area contributed by atoms with E-state index in [4.69, 9.17) is 4.74 Å². The van der Waals surface area contributed by atoms with Gasteiger partial charge in [0.25, 0.3) is 11.8 Å². The van der Waals surface area contributed by atoms with Crippen LogP contribution in [0.4, 0.5) is 0 Å². The molecule has 1 fully saturated rings. The Labute approximate surface area is 177 Å². The van der Waals surface area contributed by atoms with Crippen LogP contribution in [0.5, 0.6) is 0 Å². The van der Waals surface area contributed by atoms with Gasteiger partial charge in [0.2, 0.25) is 0 Å². The van der Waals surface area contributed by atoms with E-state index in [9.17, 15) is 9.59 Å². The van der Waals surface area contributed by atoms with Crippen molar-refractivity contribution in [2.24, 2.45) is 0 Å². The minimum atomic E-state index is -0.227. The van der Waals surface area contributed by atoms with Gasteiger partial charge in [0.15, 0.2) is 0 Å². The van der Waals surface area contributed by atoms with Gasteiger partial charge in [-0.2, -0.15) is 5.10 Å². The Balaban J connectivity index is 1.53. The monoisotopic (exact) mass is 410 g/mol. The number of hydrogen-bond donors (Lipinski definition) is 1. The van der Waals surface area contributed by atoms with E-state index in [-0.39, 0.29) is 24.0 Å². The first kappa shape index (κ1) is 20.6. The smallest absolute Gasteiger partial charge is 0.255 e. The molecular weight excluding hydrogens is 380 g/mol. The summed E-state index contributed by atoms with van der Waals surface area (Å²) in [6, 6.07) is 5.33. The molecule has 2 atom stereocenters. The summed E-state index contributed by atoms with van der Waals surface area (Å²) in [5.74, 6) is -0.306. The molecule has 0 bridgehead atoms. The average Bonchev–Trinajstić information content (AvgIpc) is 3.41. The molecule has 2 aromatic rings. The molecular formula is C23H30N4O3. The van der Waals surface area contributed by atoms with Gasteiger partial charge >= 0.3 is 0 Å². The molecule has 2 unspecified atom stereocenters. The van der Waals surface area contributed by atoms with Crippen LogP contribution in [-0.4, -0.2) is 45.8 Å². The molecule has 3 heterocycles. The van der Waals surface area contributed by atoms with Gasteiger partial charge in [-0.15, -0.1) is 0 Å². The summed E-state index contributed by atoms with van der Waals surface area (Å²) >= 11 is 0. The number of carbonyl (C=O) groups is 2. The maximum atomic E-state index is 13.2. The molecule has 7 heteroatoms. The van der Waals surface area contributed by atoms with Crippen molar-refractivity contribution >= 4 is 11.8 Å². The molecule has 160 valence electrons. The van der Waals surface area contributed by atoms with Crippen LogP contribution in [0.15, 0.2) is 18.2 Å². The highest BCUT2D eigenvalue weighted by Crippen LogP contribution is 2.29. The average molecular weight is 411 g/mol. The number of amides is 2. The van der Waals surface area contributed by atoms with Crippen LogP contribution in [0.25, 0.3) is 0 Å². The first-order valence-corrected chi connectivity index (χ1v) is 10.8. The van der Waals surface area contributed by atoms with Crippen LogP contribution in [0.3, 0.4) is 0 Å². The quantitative estimate of drug-likeness (QED) is 0.794. The third kappa shape index (κ3) is 3.62. The minimum absolute atomic E-state index is 0.0786. The number of rotatable bonds is 6. The van der Waals surface area contributed by atoms with Crippen molar-refractivity contribution in [2.45, 2.75) is 65.8 Å². The van der Waals surface area contributed by atoms with Crippen LogP contribution in [-0.2, 0) is 17.8 Å². The largest absolute Gasteiger partial charge is 0.376 e. The van der Waals surface area contributed by atoms with E-state index >= 15 is 0 Å². The van der Waals surface area contributed by atoms with Gasteiger partial charge in [-0.3, -0.25) is 14.3 Å². The fourth-order valence-electron chi connectivity index (χ4n) is 4.78. The summed E-state index contributed by atoms with van der Waals surface area (Å²) in [6.07, 6.45) is 2.12. The summed E-state index contributed by atoms with van der Waals surface area (Å²) in [7, 11) is 0. The Bertz CT molecular complexity index is 975. The second kappa shape index (κ2) is 8.22. The van der Waals surface area contributed by atoms with E-state index in [0.29, 0.717) is 24.2 Å². The van der Waals surface area contributed by atoms with Gasteiger partial charge in [0.1, 0.15) is 0 Å². The van der Waals surface area contributed by atoms with Crippen LogP contribution >= 0.6 is 0 Å². The van der Waals surface area contributed by atoms with E-state index in [1.807, 2.05) is 44.5 Å². The third-order valence-electron chi connectivity index (χ3n) is 6.22. The summed E-state index contributed by atoms with van der Waals surface area (Å²) in [4.78, 5) is 28.0. The number of nitrogens with zero attached hydrogens (tertiary/aromatic N) is 3. The number of carbonyl (C=O) groups excluding carboxylic acids is 2. The summed E-state index contributed by atoms with van der Waals surface area (Å²) in [6.45, 7) is 10.7. The molecule has 0 aliphatic carbocycles. The van der Waals surface area contributed by atoms with Crippen molar-refractivity contribution < 1.29 is 14.3 Å². The number of nitrogens with one attached hydrogen (secondary N) is 1. The maximum Gasteiger partial charge on any atom is 0.255 e. The van der Waals surface area contributed by atoms with E-state index in [1.165, 1.54) is 0 Å². The van der Waals surface area contributed by atoms with Crippen molar-refractivity contribution in [3.8, 4) is 0 Å². The first-order chi connectivity index (χ1) is 14.4. The fourth-order valence-corrected chi connectivity index (χ4v) is 4.78. The van der Waals surface area contributed by atoms with Gasteiger partial charge in [0.05, 0.1) is 29.0 Å². The van der Waals surface area contributed by atoms with Crippen molar-refractivity contribution in [3.05, 3.63) is 51.8 Å². The lowest BCUT2D eigenvalue weighted by Gasteiger charge is -2.20. The van der Waals surface area contributed by atoms with Crippen LogP contribution < -0.4 is 5.32 Å². The maximum absolute atomic E-state index is 13.2. The Morgan fingerprint density at radius 2 is 2.17 bits per heavy atom. The topological polar surface area (TPSA) is 76.5 Å². The lowest BCUT2D eigenvalue weighted by atomic mass is 10.0. The molecule has 2 amide bonds. The molecule has 0 spiro atoms. The molecule has 1 saturated heterocycles. The van der Waals surface area contributed by atoms with Gasteiger partial charge < -0.3 is 15.0 Å². The van der Waals surface area contributed by atoms with Gasteiger partial charge in [-0.1, -0.05) is 12.1 Å². The molecule has 2 aliphatic heterocycles. The third-order valence-corrected chi connectivity index (χ3v) is 6.22. The Hall–Kier alpha value is -2.67. The predicted octanol–water partition coefficient (Wildman–Crippen LogP) is 3.15. The number of hydrogen-bond acceptors (Lipinski definition) is 4. The molecule has 0 radical (unpaired) electrons. The fraction of sp³-hybridized carbons (Fsp3) is 0.522. The Morgan fingerprint density at radius 3 is 2.83 bits per heavy atom. The first-order valence-electron chi connectivity index (χ1n) is 10.8. The summed E-state index contributed by atoms with van der Waals surface area (Å²) < 4.78 is 7.64. The number of aryl methyl sites for hydroxylation is 2. The summed E-state index contributed by atoms with van der Waals surface area (Å²) in [5.41, 5.74) is 4.88. The normalized spacial score (nSPS) is 19.3. The van der Waals surface area contributed by atoms with E-state index in [2.05, 4.69) is 10.4 Å². The van der Waals surface area contributed by atoms with Crippen LogP contribution in [0.2, 0.25) is 0 Å². The van der Waals surface area contributed by atoms with Crippen molar-refractivity contribution in [2.75, 3.05) is 13.2 Å². The number of ether oxygens (including phenoxy) is 1. The zero-order valence-electron chi connectivity index (χ0n) is 18.2. The van der Waals surface area contributed by atoms with Crippen molar-refractivity contribution in [1.82, 2.24) is 20.0 Å². The van der Waals surface area contributed by atoms with E-state index in [1.54, 1.807) is 11.0 Å². The second-order valence-corrected chi connectivity index (χ2v) is 8.26. The molecule has 0 saturated carbocycles. The summed E-state index contributed by atoms with van der Waals surface area (Å²) in [5, 5.41) is 7.63. The van der Waals surface area contributed by atoms with E-state index < -0.39 is 0 Å². The number of fused-ring (bicyclic) bond motifs is 1. The number of aromatic nitrogens is 2. The highest BCUT2D eigenvalue weighted by atomic mass is 16.5. The standard InChI is InChI=1S/C23H30N4O3/c1-5-27-16(4)20(15(3)25-27)14(2)24-22(28)19-10-6-8-17-12-26(23(29)21(17)19)13-18-9-7-11-30-18/h6,8,10,14,18H,5,7,9,11-13H2,1-4H3,(H,24,28). The Morgan fingerprint density at radius 1 is 1.37 bits per heavy atom. The SMILES string of the molecule is CCn1nc(C)c(C(C)NC(=O)c2cccc3c2C(=O)N(CC2CCCO2)C3)c1C. The van der Waals surface area contributed by atoms with Crippen LogP contribution in [0, 0.1) is 13.8 Å². The molecule has 7 nitrogen and oxygen atoms in total. The van der Waals surface area contributed by atoms with Crippen molar-refractivity contribution in [3.63, 3.8) is 0 Å². The molecule has 30 heavy (non-hydrogen) atoms. The highest BCUT2D eigenvalue weighted by Gasteiger charge is 2.34. The van der Waals surface area contributed by atoms with E-state index in [0.717, 1.165) is 48.5 Å². The van der Waals surface area contributed by atoms with Gasteiger partial charge in [-0.25, -0.2) is 0 Å². The zero-order chi connectivity index (χ0) is 21.4. The van der Waals surface area contributed by atoms with Crippen LogP contribution in [0.1, 0.15) is 76.0 Å². The van der Waals surface area contributed by atoms with Gasteiger partial charge in [-0.05, 0) is 52.2 Å². The molecule has 1 N–H and O–H groups in total. The minimum Gasteiger partial charge on any atom is -0.376 e. The highest BCUT2D eigenvalue weighted by molar-refractivity contribution is 6.09. The van der Waals surface area contributed by atoms with Gasteiger partial charge in [0, 0.05) is 37.5 Å². The molecule has 2 aliphatic rings. The molecule has 1 aromatic carbocycles. The molecule has 4 rings (SSSR count).